The largest absolute Gasteiger partial charge is 0.467 e. The van der Waals surface area contributed by atoms with Crippen LogP contribution < -0.4 is 16.0 Å². The number of rotatable bonds is 6. The third kappa shape index (κ3) is 4.41. The van der Waals surface area contributed by atoms with Gasteiger partial charge in [0.1, 0.15) is 6.17 Å². The van der Waals surface area contributed by atoms with Gasteiger partial charge in [0.25, 0.3) is 0 Å². The Morgan fingerprint density at radius 3 is 2.43 bits per heavy atom. The van der Waals surface area contributed by atoms with Gasteiger partial charge in [0.2, 0.25) is 0 Å². The van der Waals surface area contributed by atoms with E-state index in [2.05, 4.69) is 10.3 Å². The second-order valence-electron chi connectivity index (χ2n) is 11.4. The van der Waals surface area contributed by atoms with E-state index in [1.807, 2.05) is 70.2 Å². The van der Waals surface area contributed by atoms with Gasteiger partial charge in [-0.25, -0.2) is 19.0 Å². The molecule has 5 unspecified atom stereocenters. The molecule has 0 aliphatic carbocycles. The van der Waals surface area contributed by atoms with Crippen molar-refractivity contribution in [3.8, 4) is 0 Å². The molecule has 0 aromatic carbocycles. The van der Waals surface area contributed by atoms with Gasteiger partial charge in [-0.2, -0.15) is 0 Å². The highest BCUT2D eigenvalue weighted by molar-refractivity contribution is 6.27. The molecule has 4 aliphatic rings. The van der Waals surface area contributed by atoms with Crippen molar-refractivity contribution in [1.29, 1.82) is 0 Å². The van der Waals surface area contributed by atoms with Crippen molar-refractivity contribution in [3.63, 3.8) is 0 Å². The molecule has 0 saturated heterocycles. The van der Waals surface area contributed by atoms with Crippen LogP contribution in [0.5, 0.6) is 0 Å². The number of nitrogens with one attached hydrogen (secondary N) is 2. The maximum Gasteiger partial charge on any atom is 0.339 e. The number of aromatic nitrogens is 1. The molecular formula is C33H39FN4O4. The Kier molecular flexibility index (Phi) is 7.72. The number of aromatic amines is 1. The summed E-state index contributed by atoms with van der Waals surface area (Å²) in [7, 11) is 2.58. The Hall–Kier alpha value is -4.01. The molecule has 8 nitrogen and oxygen atoms in total. The maximum atomic E-state index is 16.1. The first-order valence-corrected chi connectivity index (χ1v) is 14.6. The molecule has 5 atom stereocenters. The minimum Gasteiger partial charge on any atom is -0.467 e. The van der Waals surface area contributed by atoms with Gasteiger partial charge in [-0.1, -0.05) is 34.1 Å². The molecule has 0 spiro atoms. The number of carbonyl (C=O) groups excluding carboxylic acids is 2. The van der Waals surface area contributed by atoms with Crippen LogP contribution in [0.2, 0.25) is 0 Å². The van der Waals surface area contributed by atoms with Crippen LogP contribution in [0, 0.1) is 11.8 Å². The number of methoxy groups -OCH3 is 2. The Morgan fingerprint density at radius 1 is 1.07 bits per heavy atom. The van der Waals surface area contributed by atoms with Crippen LogP contribution in [0.1, 0.15) is 53.9 Å². The molecule has 0 radical (unpaired) electrons. The van der Waals surface area contributed by atoms with Crippen LogP contribution in [0.25, 0.3) is 12.2 Å². The molecule has 8 bridgehead atoms. The number of fused-ring (bicyclic) bond motifs is 6. The molecule has 222 valence electrons. The van der Waals surface area contributed by atoms with Gasteiger partial charge in [0.15, 0.2) is 5.54 Å². The van der Waals surface area contributed by atoms with Crippen LogP contribution >= 0.6 is 0 Å². The number of esters is 2. The fourth-order valence-electron chi connectivity index (χ4n) is 7.16. The summed E-state index contributed by atoms with van der Waals surface area (Å²) < 4.78 is 26.7. The second kappa shape index (κ2) is 11.0. The summed E-state index contributed by atoms with van der Waals surface area (Å²) in [4.78, 5) is 40.7. The number of H-pyrrole nitrogens is 1. The average molecular weight is 575 g/mol. The summed E-state index contributed by atoms with van der Waals surface area (Å²) in [6, 6.07) is 3.82. The minimum absolute atomic E-state index is 0.131. The highest BCUT2D eigenvalue weighted by Gasteiger charge is 2.63. The van der Waals surface area contributed by atoms with Gasteiger partial charge in [0, 0.05) is 33.8 Å². The van der Waals surface area contributed by atoms with E-state index in [0.717, 1.165) is 16.4 Å². The van der Waals surface area contributed by atoms with Crippen molar-refractivity contribution >= 4 is 35.5 Å². The van der Waals surface area contributed by atoms with Crippen molar-refractivity contribution in [2.24, 2.45) is 21.8 Å². The summed E-state index contributed by atoms with van der Waals surface area (Å²) in [5.74, 6) is -2.34. The van der Waals surface area contributed by atoms with Crippen LogP contribution in [0.15, 0.2) is 68.5 Å². The summed E-state index contributed by atoms with van der Waals surface area (Å²) >= 11 is 0. The summed E-state index contributed by atoms with van der Waals surface area (Å²) in [5, 5.41) is 5.23. The zero-order valence-electron chi connectivity index (χ0n) is 25.3. The molecule has 9 heteroatoms. The molecule has 0 amide bonds. The SMILES string of the molecule is CCCC(F)C1=C2C=C3C=CC(=N3)C=c3ccc([nH]3)=CC3=NC(C(=O)OC)(C(C(=O)OC)=C3C)C(C)C(CC)(N2)C1C. The molecule has 0 fully saturated rings. The number of halogens is 1. The van der Waals surface area contributed by atoms with Gasteiger partial charge in [-0.3, -0.25) is 4.99 Å². The lowest BCUT2D eigenvalue weighted by Gasteiger charge is -2.47. The number of nitrogens with zero attached hydrogens (tertiary/aromatic N) is 2. The first-order valence-electron chi connectivity index (χ1n) is 14.6. The smallest absolute Gasteiger partial charge is 0.339 e. The Balaban J connectivity index is 1.86. The lowest BCUT2D eigenvalue weighted by molar-refractivity contribution is -0.152. The molecule has 4 aliphatic heterocycles. The lowest BCUT2D eigenvalue weighted by Crippen LogP contribution is -2.62. The van der Waals surface area contributed by atoms with E-state index in [-0.39, 0.29) is 11.5 Å². The van der Waals surface area contributed by atoms with E-state index in [1.165, 1.54) is 14.2 Å². The zero-order valence-corrected chi connectivity index (χ0v) is 25.3. The predicted molar refractivity (Wildman–Crippen MR) is 162 cm³/mol. The average Bonchev–Trinajstić information content (AvgIpc) is 3.73. The number of hydrogen-bond donors (Lipinski definition) is 2. The fourth-order valence-corrected chi connectivity index (χ4v) is 7.16. The molecular weight excluding hydrogens is 535 g/mol. The number of hydrogen-bond acceptors (Lipinski definition) is 7. The Morgan fingerprint density at radius 2 is 1.79 bits per heavy atom. The van der Waals surface area contributed by atoms with Crippen LogP contribution in [0.4, 0.5) is 4.39 Å². The lowest BCUT2D eigenvalue weighted by atomic mass is 9.62. The Labute approximate surface area is 245 Å². The van der Waals surface area contributed by atoms with E-state index in [0.29, 0.717) is 47.5 Å². The molecule has 42 heavy (non-hydrogen) atoms. The molecule has 1 aromatic heterocycles. The highest BCUT2D eigenvalue weighted by atomic mass is 19.1. The third-order valence-corrected chi connectivity index (χ3v) is 9.41. The maximum absolute atomic E-state index is 16.1. The van der Waals surface area contributed by atoms with Crippen molar-refractivity contribution in [3.05, 3.63) is 69.2 Å². The van der Waals surface area contributed by atoms with Crippen LogP contribution in [0.3, 0.4) is 0 Å². The summed E-state index contributed by atoms with van der Waals surface area (Å²) in [6.07, 6.45) is 9.80. The van der Waals surface area contributed by atoms with Gasteiger partial charge < -0.3 is 19.8 Å². The molecule has 1 aromatic rings. The fraction of sp³-hybridized carbons (Fsp3) is 0.455. The van der Waals surface area contributed by atoms with E-state index in [1.54, 1.807) is 6.92 Å². The first-order chi connectivity index (χ1) is 20.1. The van der Waals surface area contributed by atoms with Gasteiger partial charge >= 0.3 is 11.9 Å². The Bertz CT molecular complexity index is 1640. The molecule has 5 heterocycles. The highest BCUT2D eigenvalue weighted by Crippen LogP contribution is 2.52. The van der Waals surface area contributed by atoms with Crippen LogP contribution in [-0.2, 0) is 19.1 Å². The second-order valence-corrected chi connectivity index (χ2v) is 11.4. The zero-order chi connectivity index (χ0) is 30.4. The summed E-state index contributed by atoms with van der Waals surface area (Å²) in [5.41, 5.74) is 1.24. The standard InChI is InChI=1S/C33H39FN4O4/c1-8-10-25(34)28-19(4)32(9-2)20(5)33(31(40)42-7)29(30(39)41-6)18(3)26(38-33)16-23-13-11-21(35-23)15-22-12-14-24(36-22)17-27(28)37-32/h11-17,19-20,25,35,37H,8-10H2,1-7H3. The topological polar surface area (TPSA) is 105 Å². The number of allylic oxidation sites excluding steroid dienone is 4. The monoisotopic (exact) mass is 574 g/mol. The number of ether oxygens (including phenoxy) is 2. The van der Waals surface area contributed by atoms with E-state index in [9.17, 15) is 9.59 Å². The summed E-state index contributed by atoms with van der Waals surface area (Å²) in [6.45, 7) is 9.61. The van der Waals surface area contributed by atoms with E-state index in [4.69, 9.17) is 19.5 Å². The number of aliphatic imine (C=N–C) groups is 2. The normalized spacial score (nSPS) is 28.8. The first kappa shape index (κ1) is 29.5. The van der Waals surface area contributed by atoms with Crippen molar-refractivity contribution in [1.82, 2.24) is 10.3 Å². The molecule has 5 rings (SSSR count). The number of alkyl halides is 1. The third-order valence-electron chi connectivity index (χ3n) is 9.41. The number of carbonyl (C=O) groups is 2. The predicted octanol–water partition coefficient (Wildman–Crippen LogP) is 3.76. The van der Waals surface area contributed by atoms with Gasteiger partial charge in [-0.05, 0) is 73.4 Å². The van der Waals surface area contributed by atoms with Gasteiger partial charge in [0.05, 0.1) is 36.9 Å². The van der Waals surface area contributed by atoms with Gasteiger partial charge in [-0.15, -0.1) is 0 Å². The molecule has 0 saturated carbocycles. The quantitative estimate of drug-likeness (QED) is 0.504. The van der Waals surface area contributed by atoms with Crippen molar-refractivity contribution in [2.45, 2.75) is 71.1 Å². The van der Waals surface area contributed by atoms with Crippen molar-refractivity contribution in [2.75, 3.05) is 14.2 Å². The van der Waals surface area contributed by atoms with Crippen LogP contribution in [-0.4, -0.2) is 59.8 Å². The molecule has 2 N–H and O–H groups in total. The van der Waals surface area contributed by atoms with E-state index >= 15 is 4.39 Å². The minimum atomic E-state index is -1.74. The van der Waals surface area contributed by atoms with E-state index < -0.39 is 35.1 Å². The van der Waals surface area contributed by atoms with Crippen molar-refractivity contribution < 1.29 is 23.5 Å².